The molecule has 4 aliphatic rings. The van der Waals surface area contributed by atoms with Gasteiger partial charge in [0.05, 0.1) is 18.3 Å². The molecule has 4 aliphatic carbocycles. The molecule has 5 rings (SSSR count). The van der Waals surface area contributed by atoms with Crippen LogP contribution in [-0.4, -0.2) is 51.5 Å². The number of nitrogens with zero attached hydrogens (tertiary/aromatic N) is 1. The third-order valence-electron chi connectivity index (χ3n) is 12.0. The Morgan fingerprint density at radius 1 is 1.03 bits per heavy atom. The van der Waals surface area contributed by atoms with E-state index in [0.717, 1.165) is 56.9 Å². The molecule has 0 unspecified atom stereocenters. The maximum atomic E-state index is 12.9. The van der Waals surface area contributed by atoms with Crippen LogP contribution in [0.25, 0.3) is 0 Å². The van der Waals surface area contributed by atoms with E-state index in [0.29, 0.717) is 42.6 Å². The molecular weight excluding hydrogens is 462 g/mol. The number of carbonyl (C=O) groups excluding carboxylic acids is 1. The molecule has 0 spiro atoms. The van der Waals surface area contributed by atoms with Crippen molar-refractivity contribution in [1.82, 2.24) is 4.90 Å². The van der Waals surface area contributed by atoms with Gasteiger partial charge in [0, 0.05) is 20.0 Å². The van der Waals surface area contributed by atoms with E-state index in [4.69, 9.17) is 0 Å². The van der Waals surface area contributed by atoms with Crippen LogP contribution in [0.15, 0.2) is 30.3 Å². The van der Waals surface area contributed by atoms with Crippen molar-refractivity contribution in [1.29, 1.82) is 0 Å². The van der Waals surface area contributed by atoms with E-state index in [2.05, 4.69) is 32.9 Å². The van der Waals surface area contributed by atoms with Gasteiger partial charge in [-0.3, -0.25) is 4.79 Å². The molecule has 4 saturated carbocycles. The number of rotatable bonds is 6. The Morgan fingerprint density at radius 3 is 2.49 bits per heavy atom. The zero-order valence-corrected chi connectivity index (χ0v) is 23.4. The van der Waals surface area contributed by atoms with E-state index < -0.39 is 0 Å². The Morgan fingerprint density at radius 2 is 1.76 bits per heavy atom. The lowest BCUT2D eigenvalue weighted by atomic mass is 9.43. The monoisotopic (exact) mass is 511 g/mol. The van der Waals surface area contributed by atoms with Gasteiger partial charge in [-0.25, -0.2) is 0 Å². The molecule has 206 valence electrons. The highest BCUT2D eigenvalue weighted by Crippen LogP contribution is 2.68. The summed E-state index contributed by atoms with van der Waals surface area (Å²) in [5.74, 6) is 2.13. The summed E-state index contributed by atoms with van der Waals surface area (Å²) in [6.45, 7) is 7.59. The molecule has 0 aromatic heterocycles. The van der Waals surface area contributed by atoms with Gasteiger partial charge in [-0.1, -0.05) is 51.1 Å². The summed E-state index contributed by atoms with van der Waals surface area (Å²) in [4.78, 5) is 14.8. The van der Waals surface area contributed by atoms with Crippen molar-refractivity contribution in [3.05, 3.63) is 35.9 Å². The summed E-state index contributed by atoms with van der Waals surface area (Å²) < 4.78 is 0. The maximum absolute atomic E-state index is 12.9. The van der Waals surface area contributed by atoms with Gasteiger partial charge in [-0.15, -0.1) is 0 Å². The van der Waals surface area contributed by atoms with Crippen molar-refractivity contribution in [2.24, 2.45) is 46.3 Å². The topological polar surface area (TPSA) is 81.0 Å². The lowest BCUT2D eigenvalue weighted by Crippen LogP contribution is -2.62. The van der Waals surface area contributed by atoms with E-state index in [1.165, 1.54) is 0 Å². The van der Waals surface area contributed by atoms with E-state index >= 15 is 0 Å². The molecule has 0 radical (unpaired) electrons. The molecule has 37 heavy (non-hydrogen) atoms. The Hall–Kier alpha value is -1.43. The van der Waals surface area contributed by atoms with Crippen LogP contribution < -0.4 is 0 Å². The molecule has 11 atom stereocenters. The number of hydrogen-bond acceptors (Lipinski definition) is 4. The van der Waals surface area contributed by atoms with Crippen molar-refractivity contribution in [2.45, 2.75) is 103 Å². The highest BCUT2D eigenvalue weighted by molar-refractivity contribution is 5.75. The fourth-order valence-electron chi connectivity index (χ4n) is 9.82. The largest absolute Gasteiger partial charge is 0.393 e. The van der Waals surface area contributed by atoms with Crippen LogP contribution in [-0.2, 0) is 11.3 Å². The minimum atomic E-state index is -0.375. The number of aliphatic hydroxyl groups is 3. The van der Waals surface area contributed by atoms with Crippen molar-refractivity contribution in [3.63, 3.8) is 0 Å². The van der Waals surface area contributed by atoms with Gasteiger partial charge in [-0.2, -0.15) is 0 Å². The first-order valence-electron chi connectivity index (χ1n) is 14.9. The highest BCUT2D eigenvalue weighted by atomic mass is 16.3. The Balaban J connectivity index is 1.26. The van der Waals surface area contributed by atoms with Gasteiger partial charge in [0.25, 0.3) is 0 Å². The van der Waals surface area contributed by atoms with Crippen molar-refractivity contribution < 1.29 is 20.1 Å². The minimum absolute atomic E-state index is 0.102. The molecule has 1 aromatic carbocycles. The molecule has 0 heterocycles. The molecule has 1 aromatic rings. The molecule has 5 heteroatoms. The predicted octanol–water partition coefficient (Wildman–Crippen LogP) is 5.02. The number of aliphatic hydroxyl groups excluding tert-OH is 3. The second-order valence-electron chi connectivity index (χ2n) is 13.8. The van der Waals surface area contributed by atoms with Crippen LogP contribution in [0.4, 0.5) is 0 Å². The van der Waals surface area contributed by atoms with E-state index in [1.54, 1.807) is 0 Å². The summed E-state index contributed by atoms with van der Waals surface area (Å²) in [7, 11) is 1.89. The molecule has 0 aliphatic heterocycles. The zero-order chi connectivity index (χ0) is 26.5. The Labute approximate surface area is 223 Å². The standard InChI is InChI=1S/C32H49NO4/c1-20(10-13-29(37)33(4)19-21-8-6-5-7-9-21)24-11-12-25-30-26(18-28(36)32(24,25)3)31(2)15-14-23(34)16-22(31)17-27(30)35/h5-9,20,22-28,30,34-36H,10-19H2,1-4H3/t20-,22-,23-,24+,25-,26-,27-,28+,30+,31+,32-/m1/s1. The van der Waals surface area contributed by atoms with E-state index in [9.17, 15) is 20.1 Å². The third-order valence-corrected chi connectivity index (χ3v) is 12.0. The van der Waals surface area contributed by atoms with Crippen LogP contribution in [0.2, 0.25) is 0 Å². The van der Waals surface area contributed by atoms with Gasteiger partial charge in [0.15, 0.2) is 0 Å². The fraction of sp³-hybridized carbons (Fsp3) is 0.781. The Kier molecular flexibility index (Phi) is 7.54. The number of benzene rings is 1. The molecule has 1 amide bonds. The minimum Gasteiger partial charge on any atom is -0.393 e. The van der Waals surface area contributed by atoms with Crippen LogP contribution in [0.5, 0.6) is 0 Å². The van der Waals surface area contributed by atoms with Crippen molar-refractivity contribution >= 4 is 5.91 Å². The lowest BCUT2D eigenvalue weighted by Gasteiger charge is -2.63. The molecule has 0 bridgehead atoms. The van der Waals surface area contributed by atoms with Crippen LogP contribution in [0, 0.1) is 46.3 Å². The summed E-state index contributed by atoms with van der Waals surface area (Å²) >= 11 is 0. The van der Waals surface area contributed by atoms with Gasteiger partial charge < -0.3 is 20.2 Å². The summed E-state index contributed by atoms with van der Waals surface area (Å²) in [6, 6.07) is 10.1. The molecule has 5 nitrogen and oxygen atoms in total. The molecule has 4 fully saturated rings. The van der Waals surface area contributed by atoms with Crippen LogP contribution in [0.1, 0.15) is 84.1 Å². The summed E-state index contributed by atoms with van der Waals surface area (Å²) in [6.07, 6.45) is 6.74. The third kappa shape index (κ3) is 4.67. The van der Waals surface area contributed by atoms with Gasteiger partial charge in [0.2, 0.25) is 5.91 Å². The first kappa shape index (κ1) is 27.1. The quantitative estimate of drug-likeness (QED) is 0.501. The van der Waals surface area contributed by atoms with Gasteiger partial charge >= 0.3 is 0 Å². The normalized spacial score (nSPS) is 43.9. The average Bonchev–Trinajstić information content (AvgIpc) is 3.23. The van der Waals surface area contributed by atoms with Gasteiger partial charge in [0.1, 0.15) is 0 Å². The van der Waals surface area contributed by atoms with Crippen LogP contribution in [0.3, 0.4) is 0 Å². The maximum Gasteiger partial charge on any atom is 0.222 e. The highest BCUT2D eigenvalue weighted by Gasteiger charge is 2.65. The van der Waals surface area contributed by atoms with Crippen molar-refractivity contribution in [2.75, 3.05) is 7.05 Å². The second-order valence-corrected chi connectivity index (χ2v) is 13.8. The Bertz CT molecular complexity index is 953. The number of amides is 1. The summed E-state index contributed by atoms with van der Waals surface area (Å²) in [5.41, 5.74) is 1.04. The lowest BCUT2D eigenvalue weighted by molar-refractivity contribution is -0.207. The first-order valence-corrected chi connectivity index (χ1v) is 14.9. The average molecular weight is 512 g/mol. The van der Waals surface area contributed by atoms with E-state index in [1.807, 2.05) is 30.1 Å². The summed E-state index contributed by atoms with van der Waals surface area (Å²) in [5, 5.41) is 33.5. The zero-order valence-electron chi connectivity index (χ0n) is 23.4. The van der Waals surface area contributed by atoms with Crippen LogP contribution >= 0.6 is 0 Å². The second kappa shape index (κ2) is 10.3. The van der Waals surface area contributed by atoms with Gasteiger partial charge in [-0.05, 0) is 103 Å². The number of fused-ring (bicyclic) bond motifs is 5. The first-order chi connectivity index (χ1) is 17.6. The fourth-order valence-corrected chi connectivity index (χ4v) is 9.82. The van der Waals surface area contributed by atoms with E-state index in [-0.39, 0.29) is 41.0 Å². The molecular formula is C32H49NO4. The predicted molar refractivity (Wildman–Crippen MR) is 145 cm³/mol. The molecule has 3 N–H and O–H groups in total. The number of carbonyl (C=O) groups is 1. The molecule has 0 saturated heterocycles. The SMILES string of the molecule is C[C@H](CCC(=O)N(C)Cc1ccccc1)[C@@H]1CC[C@@H]2[C@@H]3[C@H](O)C[C@H]4C[C@H](O)CC[C@]4(C)[C@@H]3C[C@H](O)[C@@]21C. The van der Waals surface area contributed by atoms with Crippen molar-refractivity contribution in [3.8, 4) is 0 Å². The smallest absolute Gasteiger partial charge is 0.222 e. The number of hydrogen-bond donors (Lipinski definition) is 3.